The van der Waals surface area contributed by atoms with E-state index in [2.05, 4.69) is 5.10 Å². The van der Waals surface area contributed by atoms with Gasteiger partial charge in [0.2, 0.25) is 23.8 Å². The maximum Gasteiger partial charge on any atom is 0.314 e. The number of carbonyl (C=O) groups excluding carboxylic acids is 2. The number of methoxy groups -OCH3 is 1. The van der Waals surface area contributed by atoms with Gasteiger partial charge < -0.3 is 14.2 Å². The molecule has 0 aromatic heterocycles. The highest BCUT2D eigenvalue weighted by molar-refractivity contribution is 6.31. The number of nitrogens with zero attached hydrogens (tertiary/aromatic N) is 3. The van der Waals surface area contributed by atoms with E-state index < -0.39 is 28.7 Å². The molecular formula is C19H16ClN3O7. The Morgan fingerprint density at radius 1 is 1.23 bits per heavy atom. The second kappa shape index (κ2) is 8.37. The van der Waals surface area contributed by atoms with Gasteiger partial charge in [0.1, 0.15) is 5.75 Å². The van der Waals surface area contributed by atoms with Crippen LogP contribution >= 0.6 is 11.6 Å². The fraction of sp³-hybridized carbons (Fsp3) is 0.211. The number of amides is 1. The molecule has 156 valence electrons. The number of carbonyl (C=O) groups is 2. The molecule has 2 aromatic rings. The SMILES string of the molecule is COc1ccc([C@@H]2OC(c3cc(Cl)cc([N+](=O)[O-])c3OC(C)=O)=NN2C(C)=O)cc1. The number of hydrazone groups is 1. The van der Waals surface area contributed by atoms with E-state index in [-0.39, 0.29) is 22.2 Å². The largest absolute Gasteiger partial charge is 0.497 e. The smallest absolute Gasteiger partial charge is 0.314 e. The van der Waals surface area contributed by atoms with Crippen molar-refractivity contribution >= 4 is 35.1 Å². The normalized spacial score (nSPS) is 15.3. The first-order chi connectivity index (χ1) is 14.2. The van der Waals surface area contributed by atoms with Crippen molar-refractivity contribution < 1.29 is 28.7 Å². The van der Waals surface area contributed by atoms with Crippen LogP contribution < -0.4 is 9.47 Å². The number of nitro benzene ring substituents is 1. The molecule has 1 heterocycles. The molecule has 1 amide bonds. The van der Waals surface area contributed by atoms with E-state index in [1.54, 1.807) is 24.3 Å². The lowest BCUT2D eigenvalue weighted by Gasteiger charge is -2.19. The van der Waals surface area contributed by atoms with Gasteiger partial charge in [0.15, 0.2) is 0 Å². The Kier molecular flexibility index (Phi) is 5.88. The minimum absolute atomic E-state index is 0.00109. The summed E-state index contributed by atoms with van der Waals surface area (Å²) in [7, 11) is 1.52. The first-order valence-electron chi connectivity index (χ1n) is 8.57. The zero-order chi connectivity index (χ0) is 22.0. The topological polar surface area (TPSA) is 121 Å². The maximum absolute atomic E-state index is 12.1. The van der Waals surface area contributed by atoms with Gasteiger partial charge in [-0.2, -0.15) is 5.01 Å². The maximum atomic E-state index is 12.1. The second-order valence-corrected chi connectivity index (χ2v) is 6.60. The summed E-state index contributed by atoms with van der Waals surface area (Å²) in [5, 5.41) is 16.7. The number of nitro groups is 1. The molecule has 2 aromatic carbocycles. The van der Waals surface area contributed by atoms with Crippen molar-refractivity contribution in [3.63, 3.8) is 0 Å². The molecule has 0 bridgehead atoms. The van der Waals surface area contributed by atoms with E-state index >= 15 is 0 Å². The molecule has 3 rings (SSSR count). The lowest BCUT2D eigenvalue weighted by Crippen LogP contribution is -2.25. The van der Waals surface area contributed by atoms with Gasteiger partial charge in [-0.15, -0.1) is 5.10 Å². The van der Waals surface area contributed by atoms with E-state index in [9.17, 15) is 19.7 Å². The number of benzene rings is 2. The number of halogens is 1. The summed E-state index contributed by atoms with van der Waals surface area (Å²) in [6.07, 6.45) is -0.938. The van der Waals surface area contributed by atoms with E-state index in [4.69, 9.17) is 25.8 Å². The average molecular weight is 434 g/mol. The Balaban J connectivity index is 2.08. The summed E-state index contributed by atoms with van der Waals surface area (Å²) < 4.78 is 16.0. The first kappa shape index (κ1) is 21.1. The van der Waals surface area contributed by atoms with Crippen molar-refractivity contribution in [2.75, 3.05) is 7.11 Å². The predicted molar refractivity (Wildman–Crippen MR) is 105 cm³/mol. The predicted octanol–water partition coefficient (Wildman–Crippen LogP) is 3.42. The first-order valence-corrected chi connectivity index (χ1v) is 8.94. The highest BCUT2D eigenvalue weighted by atomic mass is 35.5. The summed E-state index contributed by atoms with van der Waals surface area (Å²) in [5.74, 6) is -1.15. The van der Waals surface area contributed by atoms with Crippen molar-refractivity contribution in [1.82, 2.24) is 5.01 Å². The molecule has 1 aliphatic heterocycles. The molecule has 0 saturated heterocycles. The van der Waals surface area contributed by atoms with Gasteiger partial charge >= 0.3 is 11.7 Å². The molecule has 30 heavy (non-hydrogen) atoms. The number of hydrogen-bond donors (Lipinski definition) is 0. The molecule has 1 aliphatic rings. The molecule has 10 nitrogen and oxygen atoms in total. The Labute approximate surface area is 175 Å². The van der Waals surface area contributed by atoms with Crippen molar-refractivity contribution in [3.05, 3.63) is 62.7 Å². The van der Waals surface area contributed by atoms with Crippen LogP contribution in [0, 0.1) is 10.1 Å². The van der Waals surface area contributed by atoms with Gasteiger partial charge in [0.05, 0.1) is 17.6 Å². The summed E-state index contributed by atoms with van der Waals surface area (Å²) in [6, 6.07) is 9.09. The molecule has 0 fully saturated rings. The fourth-order valence-corrected chi connectivity index (χ4v) is 3.00. The van der Waals surface area contributed by atoms with Crippen LogP contribution in [0.1, 0.15) is 31.2 Å². The summed E-state index contributed by atoms with van der Waals surface area (Å²) >= 11 is 6.02. The fourth-order valence-electron chi connectivity index (χ4n) is 2.78. The lowest BCUT2D eigenvalue weighted by molar-refractivity contribution is -0.385. The van der Waals surface area contributed by atoms with Crippen LogP contribution in [-0.4, -0.2) is 34.8 Å². The van der Waals surface area contributed by atoms with Crippen LogP contribution in [0.25, 0.3) is 0 Å². The Morgan fingerprint density at radius 2 is 1.90 bits per heavy atom. The number of ether oxygens (including phenoxy) is 3. The third-order valence-electron chi connectivity index (χ3n) is 4.07. The number of hydrogen-bond acceptors (Lipinski definition) is 8. The highest BCUT2D eigenvalue weighted by Gasteiger charge is 2.36. The third kappa shape index (κ3) is 4.18. The molecule has 0 saturated carbocycles. The molecular weight excluding hydrogens is 418 g/mol. The van der Waals surface area contributed by atoms with Crippen LogP contribution in [-0.2, 0) is 14.3 Å². The van der Waals surface area contributed by atoms with Crippen LogP contribution in [0.5, 0.6) is 11.5 Å². The molecule has 1 atom stereocenters. The standard InChI is InChI=1S/C19H16ClN3O7/c1-10(24)22-19(12-4-6-14(28-3)7-5-12)30-18(21-22)15-8-13(20)9-16(23(26)27)17(15)29-11(2)25/h4-9,19H,1-3H3/t19-/m0/s1. The second-order valence-electron chi connectivity index (χ2n) is 6.16. The Morgan fingerprint density at radius 3 is 2.43 bits per heavy atom. The molecule has 11 heteroatoms. The molecule has 0 spiro atoms. The monoisotopic (exact) mass is 433 g/mol. The number of rotatable bonds is 5. The summed E-state index contributed by atoms with van der Waals surface area (Å²) in [5.41, 5.74) is 0.00301. The van der Waals surface area contributed by atoms with Gasteiger partial charge in [-0.25, -0.2) is 0 Å². The van der Waals surface area contributed by atoms with Crippen LogP contribution in [0.15, 0.2) is 41.5 Å². The van der Waals surface area contributed by atoms with E-state index in [0.29, 0.717) is 11.3 Å². The van der Waals surface area contributed by atoms with Crippen molar-refractivity contribution in [2.24, 2.45) is 5.10 Å². The minimum Gasteiger partial charge on any atom is -0.497 e. The Bertz CT molecular complexity index is 1050. The summed E-state index contributed by atoms with van der Waals surface area (Å²) in [4.78, 5) is 34.3. The van der Waals surface area contributed by atoms with Gasteiger partial charge in [0.25, 0.3) is 0 Å². The van der Waals surface area contributed by atoms with E-state index in [1.165, 1.54) is 20.1 Å². The van der Waals surface area contributed by atoms with Crippen LogP contribution in [0.3, 0.4) is 0 Å². The molecule has 0 N–H and O–H groups in total. The highest BCUT2D eigenvalue weighted by Crippen LogP contribution is 2.39. The zero-order valence-corrected chi connectivity index (χ0v) is 16.9. The van der Waals surface area contributed by atoms with Crippen LogP contribution in [0.4, 0.5) is 5.69 Å². The van der Waals surface area contributed by atoms with E-state index in [0.717, 1.165) is 18.0 Å². The van der Waals surface area contributed by atoms with Gasteiger partial charge in [-0.1, -0.05) is 11.6 Å². The third-order valence-corrected chi connectivity index (χ3v) is 4.29. The van der Waals surface area contributed by atoms with E-state index in [1.807, 2.05) is 0 Å². The Hall–Kier alpha value is -3.66. The number of esters is 1. The van der Waals surface area contributed by atoms with Crippen molar-refractivity contribution in [2.45, 2.75) is 20.1 Å². The summed E-state index contributed by atoms with van der Waals surface area (Å²) in [6.45, 7) is 2.39. The molecule has 0 radical (unpaired) electrons. The quantitative estimate of drug-likeness (QED) is 0.306. The average Bonchev–Trinajstić information content (AvgIpc) is 3.14. The molecule has 0 aliphatic carbocycles. The van der Waals surface area contributed by atoms with Gasteiger partial charge in [0, 0.05) is 30.5 Å². The van der Waals surface area contributed by atoms with Crippen LogP contribution in [0.2, 0.25) is 5.02 Å². The van der Waals surface area contributed by atoms with Gasteiger partial charge in [-0.3, -0.25) is 19.7 Å². The lowest BCUT2D eigenvalue weighted by atomic mass is 10.1. The molecule has 0 unspecified atom stereocenters. The van der Waals surface area contributed by atoms with Crippen molar-refractivity contribution in [1.29, 1.82) is 0 Å². The zero-order valence-electron chi connectivity index (χ0n) is 16.1. The van der Waals surface area contributed by atoms with Crippen molar-refractivity contribution in [3.8, 4) is 11.5 Å². The minimum atomic E-state index is -0.938. The van der Waals surface area contributed by atoms with Gasteiger partial charge in [-0.05, 0) is 30.3 Å².